The summed E-state index contributed by atoms with van der Waals surface area (Å²) in [6.45, 7) is 2.66. The summed E-state index contributed by atoms with van der Waals surface area (Å²) in [5.74, 6) is 0.847. The van der Waals surface area contributed by atoms with E-state index in [2.05, 4.69) is 15.9 Å². The third kappa shape index (κ3) is 4.25. The first-order chi connectivity index (χ1) is 9.97. The minimum atomic E-state index is -0.173. The highest BCUT2D eigenvalue weighted by atomic mass is 79.9. The third-order valence-electron chi connectivity index (χ3n) is 2.92. The molecule has 0 fully saturated rings. The van der Waals surface area contributed by atoms with Gasteiger partial charge in [-0.15, -0.1) is 0 Å². The van der Waals surface area contributed by atoms with Gasteiger partial charge in [0.25, 0.3) is 5.91 Å². The highest BCUT2D eigenvalue weighted by Gasteiger charge is 2.18. The summed E-state index contributed by atoms with van der Waals surface area (Å²) in [7, 11) is 1.71. The van der Waals surface area contributed by atoms with Gasteiger partial charge < -0.3 is 14.1 Å². The number of rotatable bonds is 5. The van der Waals surface area contributed by atoms with Gasteiger partial charge in [-0.3, -0.25) is 4.79 Å². The number of likely N-dealkylation sites (N-methyl/N-ethyl adjacent to an activating group) is 1. The van der Waals surface area contributed by atoms with E-state index in [4.69, 9.17) is 20.8 Å². The van der Waals surface area contributed by atoms with Gasteiger partial charge in [0.15, 0.2) is 10.4 Å². The number of hydrogen-bond donors (Lipinski definition) is 0. The second-order valence-electron chi connectivity index (χ2n) is 4.60. The molecule has 2 aromatic rings. The molecule has 1 amide bonds. The van der Waals surface area contributed by atoms with E-state index < -0.39 is 0 Å². The lowest BCUT2D eigenvalue weighted by molar-refractivity contribution is 0.0740. The summed E-state index contributed by atoms with van der Waals surface area (Å²) < 4.78 is 11.5. The average molecular weight is 373 g/mol. The van der Waals surface area contributed by atoms with Gasteiger partial charge in [-0.05, 0) is 47.1 Å². The summed E-state index contributed by atoms with van der Waals surface area (Å²) in [5.41, 5.74) is 0.800. The number of benzene rings is 1. The predicted molar refractivity (Wildman–Crippen MR) is 85.1 cm³/mol. The molecule has 0 atom stereocenters. The van der Waals surface area contributed by atoms with E-state index in [1.165, 1.54) is 0 Å². The minimum absolute atomic E-state index is 0.173. The molecular formula is C15H15BrClNO3. The van der Waals surface area contributed by atoms with E-state index in [1.54, 1.807) is 30.1 Å². The number of halogens is 2. The van der Waals surface area contributed by atoms with Crippen molar-refractivity contribution in [3.63, 3.8) is 0 Å². The van der Waals surface area contributed by atoms with Crippen molar-refractivity contribution in [3.05, 3.63) is 51.3 Å². The van der Waals surface area contributed by atoms with Gasteiger partial charge in [0.1, 0.15) is 12.4 Å². The fraction of sp³-hybridized carbons (Fsp3) is 0.267. The van der Waals surface area contributed by atoms with E-state index in [1.807, 2.05) is 19.1 Å². The van der Waals surface area contributed by atoms with Gasteiger partial charge in [0.2, 0.25) is 0 Å². The Morgan fingerprint density at radius 1 is 1.43 bits per heavy atom. The molecule has 0 saturated heterocycles. The van der Waals surface area contributed by atoms with Crippen LogP contribution in [0.2, 0.25) is 5.02 Å². The van der Waals surface area contributed by atoms with Crippen LogP contribution in [-0.4, -0.2) is 31.0 Å². The highest BCUT2D eigenvalue weighted by Crippen LogP contribution is 2.21. The Kier molecular flexibility index (Phi) is 5.31. The number of carbonyl (C=O) groups excluding carboxylic acids is 1. The molecule has 0 aliphatic carbocycles. The normalized spacial score (nSPS) is 10.5. The van der Waals surface area contributed by atoms with Gasteiger partial charge in [0, 0.05) is 17.6 Å². The first kappa shape index (κ1) is 15.9. The fourth-order valence-corrected chi connectivity index (χ4v) is 2.47. The van der Waals surface area contributed by atoms with Crippen LogP contribution in [-0.2, 0) is 0 Å². The number of amides is 1. The molecular weight excluding hydrogens is 358 g/mol. The summed E-state index contributed by atoms with van der Waals surface area (Å²) in [4.78, 5) is 13.8. The van der Waals surface area contributed by atoms with Crippen molar-refractivity contribution in [2.24, 2.45) is 0 Å². The Labute approximate surface area is 136 Å². The summed E-state index contributed by atoms with van der Waals surface area (Å²) in [6.07, 6.45) is 0. The molecule has 6 heteroatoms. The van der Waals surface area contributed by atoms with Crippen LogP contribution in [0.15, 0.2) is 39.4 Å². The number of hydrogen-bond acceptors (Lipinski definition) is 3. The predicted octanol–water partition coefficient (Wildman–Crippen LogP) is 4.15. The van der Waals surface area contributed by atoms with Crippen molar-refractivity contribution >= 4 is 33.4 Å². The highest BCUT2D eigenvalue weighted by molar-refractivity contribution is 9.10. The SMILES string of the molecule is Cc1cc(Br)oc1C(=O)N(C)CCOc1cccc(Cl)c1. The largest absolute Gasteiger partial charge is 0.492 e. The Hall–Kier alpha value is -1.46. The van der Waals surface area contributed by atoms with Gasteiger partial charge in [-0.2, -0.15) is 0 Å². The zero-order chi connectivity index (χ0) is 15.4. The van der Waals surface area contributed by atoms with Crippen molar-refractivity contribution < 1.29 is 13.9 Å². The zero-order valence-electron chi connectivity index (χ0n) is 11.7. The molecule has 0 N–H and O–H groups in total. The van der Waals surface area contributed by atoms with Crippen LogP contribution in [0.1, 0.15) is 16.1 Å². The van der Waals surface area contributed by atoms with Crippen LogP contribution in [0.3, 0.4) is 0 Å². The van der Waals surface area contributed by atoms with Crippen molar-refractivity contribution in [3.8, 4) is 5.75 Å². The summed E-state index contributed by atoms with van der Waals surface area (Å²) in [6, 6.07) is 8.92. The van der Waals surface area contributed by atoms with E-state index in [9.17, 15) is 4.79 Å². The van der Waals surface area contributed by atoms with Gasteiger partial charge in [0.05, 0.1) is 6.54 Å². The maximum absolute atomic E-state index is 12.2. The van der Waals surface area contributed by atoms with Crippen LogP contribution in [0.5, 0.6) is 5.75 Å². The Balaban J connectivity index is 1.88. The van der Waals surface area contributed by atoms with Crippen molar-refractivity contribution in [2.75, 3.05) is 20.2 Å². The van der Waals surface area contributed by atoms with E-state index in [-0.39, 0.29) is 5.91 Å². The van der Waals surface area contributed by atoms with Gasteiger partial charge >= 0.3 is 0 Å². The monoisotopic (exact) mass is 371 g/mol. The second kappa shape index (κ2) is 7.00. The van der Waals surface area contributed by atoms with Crippen molar-refractivity contribution in [1.82, 2.24) is 4.90 Å². The smallest absolute Gasteiger partial charge is 0.289 e. The van der Waals surface area contributed by atoms with Crippen LogP contribution in [0.4, 0.5) is 0 Å². The molecule has 112 valence electrons. The number of aryl methyl sites for hydroxylation is 1. The topological polar surface area (TPSA) is 42.7 Å². The minimum Gasteiger partial charge on any atom is -0.492 e. The molecule has 0 unspecified atom stereocenters. The lowest BCUT2D eigenvalue weighted by Crippen LogP contribution is -2.31. The number of carbonyl (C=O) groups is 1. The molecule has 1 aromatic carbocycles. The molecule has 21 heavy (non-hydrogen) atoms. The maximum atomic E-state index is 12.2. The van der Waals surface area contributed by atoms with Crippen molar-refractivity contribution in [1.29, 1.82) is 0 Å². The van der Waals surface area contributed by atoms with E-state index in [0.717, 1.165) is 5.56 Å². The van der Waals surface area contributed by atoms with Crippen LogP contribution >= 0.6 is 27.5 Å². The lowest BCUT2D eigenvalue weighted by Gasteiger charge is -2.16. The molecule has 1 aromatic heterocycles. The molecule has 1 heterocycles. The number of nitrogens with zero attached hydrogens (tertiary/aromatic N) is 1. The molecule has 0 aliphatic heterocycles. The molecule has 2 rings (SSSR count). The number of ether oxygens (including phenoxy) is 1. The number of furan rings is 1. The Bertz CT molecular complexity index is 642. The van der Waals surface area contributed by atoms with E-state index >= 15 is 0 Å². The molecule has 0 aliphatic rings. The first-order valence-electron chi connectivity index (χ1n) is 6.37. The molecule has 0 saturated carbocycles. The summed E-state index contributed by atoms with van der Waals surface area (Å²) >= 11 is 9.09. The quantitative estimate of drug-likeness (QED) is 0.791. The Morgan fingerprint density at radius 3 is 2.81 bits per heavy atom. The molecule has 0 radical (unpaired) electrons. The summed E-state index contributed by atoms with van der Waals surface area (Å²) in [5, 5.41) is 0.619. The van der Waals surface area contributed by atoms with Crippen LogP contribution < -0.4 is 4.74 Å². The zero-order valence-corrected chi connectivity index (χ0v) is 14.1. The van der Waals surface area contributed by atoms with Gasteiger partial charge in [-0.25, -0.2) is 0 Å². The van der Waals surface area contributed by atoms with Crippen LogP contribution in [0.25, 0.3) is 0 Å². The van der Waals surface area contributed by atoms with E-state index in [0.29, 0.717) is 34.4 Å². The fourth-order valence-electron chi connectivity index (χ4n) is 1.79. The first-order valence-corrected chi connectivity index (χ1v) is 7.54. The third-order valence-corrected chi connectivity index (χ3v) is 3.55. The Morgan fingerprint density at radius 2 is 2.19 bits per heavy atom. The second-order valence-corrected chi connectivity index (χ2v) is 5.81. The molecule has 0 spiro atoms. The standard InChI is InChI=1S/C15H15BrClNO3/c1-10-8-13(16)21-14(10)15(19)18(2)6-7-20-12-5-3-4-11(17)9-12/h3-5,8-9H,6-7H2,1-2H3. The molecule has 4 nitrogen and oxygen atoms in total. The lowest BCUT2D eigenvalue weighted by atomic mass is 10.2. The maximum Gasteiger partial charge on any atom is 0.289 e. The average Bonchev–Trinajstić information content (AvgIpc) is 2.77. The van der Waals surface area contributed by atoms with Crippen molar-refractivity contribution in [2.45, 2.75) is 6.92 Å². The molecule has 0 bridgehead atoms. The van der Waals surface area contributed by atoms with Gasteiger partial charge in [-0.1, -0.05) is 17.7 Å². The van der Waals surface area contributed by atoms with Crippen LogP contribution in [0, 0.1) is 6.92 Å².